The summed E-state index contributed by atoms with van der Waals surface area (Å²) in [6, 6.07) is 25.5. The number of hydrogen-bond acceptors (Lipinski definition) is 5. The summed E-state index contributed by atoms with van der Waals surface area (Å²) in [7, 11) is 0. The van der Waals surface area contributed by atoms with Gasteiger partial charge in [-0.05, 0) is 65.4 Å². The normalized spacial score (nSPS) is 16.9. The first kappa shape index (κ1) is 27.0. The lowest BCUT2D eigenvalue weighted by atomic mass is 9.85. The van der Waals surface area contributed by atoms with E-state index in [1.165, 1.54) is 11.2 Å². The van der Waals surface area contributed by atoms with Crippen molar-refractivity contribution in [2.75, 3.05) is 0 Å². The highest BCUT2D eigenvalue weighted by Gasteiger charge is 2.46. The van der Waals surface area contributed by atoms with Crippen molar-refractivity contribution in [1.82, 2.24) is 4.90 Å². The zero-order valence-corrected chi connectivity index (χ0v) is 23.2. The lowest BCUT2D eigenvalue weighted by Crippen LogP contribution is -2.29. The third kappa shape index (κ3) is 5.57. The number of ketones is 1. The van der Waals surface area contributed by atoms with Gasteiger partial charge in [0.05, 0.1) is 24.4 Å². The third-order valence-electron chi connectivity index (χ3n) is 7.15. The Hall–Kier alpha value is -4.58. The molecule has 6 nitrogen and oxygen atoms in total. The second-order valence-corrected chi connectivity index (χ2v) is 11.2. The van der Waals surface area contributed by atoms with Crippen LogP contribution in [-0.2, 0) is 28.2 Å². The van der Waals surface area contributed by atoms with Gasteiger partial charge in [0.25, 0.3) is 11.7 Å². The Kier molecular flexibility index (Phi) is 7.35. The largest absolute Gasteiger partial charge is 0.507 e. The van der Waals surface area contributed by atoms with Gasteiger partial charge >= 0.3 is 0 Å². The smallest absolute Gasteiger partial charge is 0.296 e. The molecule has 5 rings (SSSR count). The molecule has 6 heteroatoms. The summed E-state index contributed by atoms with van der Waals surface area (Å²) in [5.74, 6) is -0.455. The van der Waals surface area contributed by atoms with Crippen LogP contribution in [0.1, 0.15) is 60.4 Å². The van der Waals surface area contributed by atoms with Crippen molar-refractivity contribution in [2.24, 2.45) is 0 Å². The van der Waals surface area contributed by atoms with Crippen LogP contribution in [0.25, 0.3) is 5.76 Å². The third-order valence-corrected chi connectivity index (χ3v) is 7.15. The number of furan rings is 1. The summed E-state index contributed by atoms with van der Waals surface area (Å²) in [6.07, 6.45) is 1.53. The second-order valence-electron chi connectivity index (χ2n) is 11.2. The van der Waals surface area contributed by atoms with Gasteiger partial charge in [0.1, 0.15) is 23.9 Å². The van der Waals surface area contributed by atoms with Gasteiger partial charge in [-0.1, -0.05) is 74.9 Å². The van der Waals surface area contributed by atoms with Crippen molar-refractivity contribution in [2.45, 2.75) is 52.3 Å². The first-order valence-electron chi connectivity index (χ1n) is 13.3. The molecule has 0 bridgehead atoms. The van der Waals surface area contributed by atoms with Gasteiger partial charge in [0, 0.05) is 5.56 Å². The number of benzene rings is 3. The van der Waals surface area contributed by atoms with E-state index in [4.69, 9.17) is 9.15 Å². The Morgan fingerprint density at radius 3 is 2.30 bits per heavy atom. The molecule has 1 N–H and O–H groups in total. The standard InChI is InChI=1S/C34H33NO5/c1-22-7-5-8-23(19-22)21-40-27-16-12-25(13-17-27)31(36)29-30(24-10-14-26(15-11-24)34(2,3)4)35(33(38)32(29)37)20-28-9-6-18-39-28/h5-19,30,36H,20-21H2,1-4H3/t30-/m1/s1. The van der Waals surface area contributed by atoms with Crippen LogP contribution in [0.15, 0.2) is 101 Å². The molecule has 0 saturated carbocycles. The maximum absolute atomic E-state index is 13.4. The zero-order chi connectivity index (χ0) is 28.4. The quantitative estimate of drug-likeness (QED) is 0.155. The molecule has 4 aromatic rings. The van der Waals surface area contributed by atoms with Crippen molar-refractivity contribution < 1.29 is 23.8 Å². The van der Waals surface area contributed by atoms with Gasteiger partial charge in [-0.3, -0.25) is 9.59 Å². The van der Waals surface area contributed by atoms with Crippen molar-refractivity contribution in [3.63, 3.8) is 0 Å². The van der Waals surface area contributed by atoms with Crippen LogP contribution in [0.5, 0.6) is 5.75 Å². The SMILES string of the molecule is Cc1cccc(COc2ccc(C(O)=C3C(=O)C(=O)N(Cc4ccco4)[C@@H]3c3ccc(C(C)(C)C)cc3)cc2)c1. The Labute approximate surface area is 234 Å². The number of aliphatic hydroxyl groups is 1. The molecule has 0 unspecified atom stereocenters. The van der Waals surface area contributed by atoms with Crippen molar-refractivity contribution in [1.29, 1.82) is 0 Å². The molecule has 1 amide bonds. The van der Waals surface area contributed by atoms with Gasteiger partial charge in [0.2, 0.25) is 0 Å². The van der Waals surface area contributed by atoms with E-state index in [2.05, 4.69) is 26.8 Å². The summed E-state index contributed by atoms with van der Waals surface area (Å²) in [5, 5.41) is 11.4. The number of nitrogens with zero attached hydrogens (tertiary/aromatic N) is 1. The molecule has 1 atom stereocenters. The highest BCUT2D eigenvalue weighted by atomic mass is 16.5. The Balaban J connectivity index is 1.48. The minimum atomic E-state index is -0.767. The minimum absolute atomic E-state index is 0.0495. The van der Waals surface area contributed by atoms with Crippen molar-refractivity contribution in [3.05, 3.63) is 130 Å². The number of ether oxygens (including phenoxy) is 1. The lowest BCUT2D eigenvalue weighted by Gasteiger charge is -2.26. The molecule has 1 fully saturated rings. The van der Waals surface area contributed by atoms with Gasteiger partial charge in [-0.2, -0.15) is 0 Å². The first-order valence-corrected chi connectivity index (χ1v) is 13.3. The highest BCUT2D eigenvalue weighted by Crippen LogP contribution is 2.41. The van der Waals surface area contributed by atoms with Crippen LogP contribution < -0.4 is 4.74 Å². The number of likely N-dealkylation sites (tertiary alicyclic amines) is 1. The molecule has 204 valence electrons. The number of carbonyl (C=O) groups is 2. The predicted molar refractivity (Wildman–Crippen MR) is 154 cm³/mol. The van der Waals surface area contributed by atoms with Crippen LogP contribution in [0.4, 0.5) is 0 Å². The van der Waals surface area contributed by atoms with E-state index in [9.17, 15) is 14.7 Å². The number of carbonyl (C=O) groups excluding carboxylic acids is 2. The van der Waals surface area contributed by atoms with Gasteiger partial charge in [0.15, 0.2) is 0 Å². The van der Waals surface area contributed by atoms with E-state index < -0.39 is 17.7 Å². The van der Waals surface area contributed by atoms with Gasteiger partial charge < -0.3 is 19.2 Å². The molecular formula is C34H33NO5. The van der Waals surface area contributed by atoms with Crippen LogP contribution in [-0.4, -0.2) is 21.7 Å². The van der Waals surface area contributed by atoms with Crippen LogP contribution >= 0.6 is 0 Å². The van der Waals surface area contributed by atoms with E-state index in [0.29, 0.717) is 23.7 Å². The summed E-state index contributed by atoms with van der Waals surface area (Å²) in [4.78, 5) is 28.1. The monoisotopic (exact) mass is 535 g/mol. The average molecular weight is 536 g/mol. The van der Waals surface area contributed by atoms with E-state index in [-0.39, 0.29) is 23.3 Å². The van der Waals surface area contributed by atoms with Crippen LogP contribution in [0.3, 0.4) is 0 Å². The maximum atomic E-state index is 13.4. The minimum Gasteiger partial charge on any atom is -0.507 e. The lowest BCUT2D eigenvalue weighted by molar-refractivity contribution is -0.140. The van der Waals surface area contributed by atoms with Crippen molar-refractivity contribution in [3.8, 4) is 5.75 Å². The number of aryl methyl sites for hydroxylation is 1. The van der Waals surface area contributed by atoms with Crippen LogP contribution in [0, 0.1) is 6.92 Å². The predicted octanol–water partition coefficient (Wildman–Crippen LogP) is 7.09. The van der Waals surface area contributed by atoms with E-state index in [1.807, 2.05) is 49.4 Å². The van der Waals surface area contributed by atoms with Gasteiger partial charge in [-0.25, -0.2) is 0 Å². The number of amides is 1. The molecule has 0 aliphatic carbocycles. The number of rotatable bonds is 7. The molecule has 1 aliphatic heterocycles. The average Bonchev–Trinajstić information content (AvgIpc) is 3.54. The summed E-state index contributed by atoms with van der Waals surface area (Å²) >= 11 is 0. The highest BCUT2D eigenvalue weighted by molar-refractivity contribution is 6.46. The van der Waals surface area contributed by atoms with Crippen LogP contribution in [0.2, 0.25) is 0 Å². The Bertz CT molecular complexity index is 1540. The fourth-order valence-electron chi connectivity index (χ4n) is 4.96. The molecule has 1 aromatic heterocycles. The summed E-state index contributed by atoms with van der Waals surface area (Å²) < 4.78 is 11.4. The molecule has 1 aliphatic rings. The Morgan fingerprint density at radius 2 is 1.68 bits per heavy atom. The molecule has 0 radical (unpaired) electrons. The molecule has 2 heterocycles. The number of Topliss-reactive ketones (excluding diaryl/α,β-unsaturated/α-hetero) is 1. The summed E-state index contributed by atoms with van der Waals surface area (Å²) in [5.41, 5.74) is 4.49. The zero-order valence-electron chi connectivity index (χ0n) is 23.2. The van der Waals surface area contributed by atoms with E-state index >= 15 is 0 Å². The van der Waals surface area contributed by atoms with E-state index in [0.717, 1.165) is 22.3 Å². The van der Waals surface area contributed by atoms with Crippen molar-refractivity contribution >= 4 is 17.4 Å². The molecule has 40 heavy (non-hydrogen) atoms. The fraction of sp³-hybridized carbons (Fsp3) is 0.235. The Morgan fingerprint density at radius 1 is 0.950 bits per heavy atom. The molecule has 0 spiro atoms. The second kappa shape index (κ2) is 10.9. The molecule has 3 aromatic carbocycles. The fourth-order valence-corrected chi connectivity index (χ4v) is 4.96. The molecular weight excluding hydrogens is 502 g/mol. The summed E-state index contributed by atoms with van der Waals surface area (Å²) in [6.45, 7) is 8.92. The number of aliphatic hydroxyl groups excluding tert-OH is 1. The van der Waals surface area contributed by atoms with E-state index in [1.54, 1.807) is 36.4 Å². The molecule has 1 saturated heterocycles. The maximum Gasteiger partial charge on any atom is 0.296 e. The topological polar surface area (TPSA) is 80.0 Å². The number of hydrogen-bond donors (Lipinski definition) is 1. The first-order chi connectivity index (χ1) is 19.1. The van der Waals surface area contributed by atoms with Gasteiger partial charge in [-0.15, -0.1) is 0 Å².